The maximum atomic E-state index is 13.5. The van der Waals surface area contributed by atoms with E-state index in [-0.39, 0.29) is 24.7 Å². The molecule has 0 bridgehead atoms. The number of carbonyl (C=O) groups excluding carboxylic acids is 3. The van der Waals surface area contributed by atoms with Crippen molar-refractivity contribution in [3.63, 3.8) is 0 Å². The summed E-state index contributed by atoms with van der Waals surface area (Å²) in [5.74, 6) is -1.11. The van der Waals surface area contributed by atoms with Crippen LogP contribution in [0.5, 0.6) is 0 Å². The van der Waals surface area contributed by atoms with Gasteiger partial charge in [0.1, 0.15) is 6.04 Å². The van der Waals surface area contributed by atoms with E-state index in [1.165, 1.54) is 22.9 Å². The summed E-state index contributed by atoms with van der Waals surface area (Å²) >= 11 is 1.46. The number of thioether (sulfide) groups is 1. The van der Waals surface area contributed by atoms with Gasteiger partial charge in [-0.2, -0.15) is 0 Å². The number of aromatic nitrogens is 1. The highest BCUT2D eigenvalue weighted by molar-refractivity contribution is 8.00. The molecule has 0 spiro atoms. The molecule has 0 aliphatic carbocycles. The Kier molecular flexibility index (Phi) is 8.46. The highest BCUT2D eigenvalue weighted by Crippen LogP contribution is 2.39. The molecule has 1 aliphatic rings. The zero-order chi connectivity index (χ0) is 24.7. The molecule has 0 saturated carbocycles. The van der Waals surface area contributed by atoms with Gasteiger partial charge < -0.3 is 20.6 Å². The molecule has 3 atom stereocenters. The Balaban J connectivity index is 1.84. The summed E-state index contributed by atoms with van der Waals surface area (Å²) in [7, 11) is 0. The van der Waals surface area contributed by atoms with E-state index in [9.17, 15) is 19.5 Å². The van der Waals surface area contributed by atoms with E-state index < -0.39 is 34.7 Å². The summed E-state index contributed by atoms with van der Waals surface area (Å²) in [5.41, 5.74) is 1.17. The predicted molar refractivity (Wildman–Crippen MR) is 132 cm³/mol. The number of nitrogens with one attached hydrogen (secondary N) is 2. The molecule has 9 heteroatoms. The van der Waals surface area contributed by atoms with Crippen molar-refractivity contribution < 1.29 is 19.5 Å². The molecule has 180 valence electrons. The molecule has 0 radical (unpaired) electrons. The summed E-state index contributed by atoms with van der Waals surface area (Å²) in [6, 6.07) is 10.9. The summed E-state index contributed by atoms with van der Waals surface area (Å²) in [6.07, 6.45) is 3.23. The van der Waals surface area contributed by atoms with Crippen molar-refractivity contribution in [1.82, 2.24) is 20.5 Å². The minimum atomic E-state index is -1.55. The SMILES string of the molecule is C=CCNC(=O)C1N(C(=O)C(O)C(Cc2ccccc2)NC(=O)c2cccnc2)CSC1(C)C. The van der Waals surface area contributed by atoms with Crippen LogP contribution < -0.4 is 10.6 Å². The molecule has 8 nitrogen and oxygen atoms in total. The highest BCUT2D eigenvalue weighted by atomic mass is 32.2. The number of hydrogen-bond donors (Lipinski definition) is 3. The van der Waals surface area contributed by atoms with Gasteiger partial charge >= 0.3 is 0 Å². The lowest BCUT2D eigenvalue weighted by atomic mass is 9.97. The molecular formula is C25H30N4O4S. The molecular weight excluding hydrogens is 452 g/mol. The third kappa shape index (κ3) is 6.03. The van der Waals surface area contributed by atoms with Gasteiger partial charge in [-0.1, -0.05) is 36.4 Å². The number of hydrogen-bond acceptors (Lipinski definition) is 6. The first-order valence-corrected chi connectivity index (χ1v) is 12.0. The van der Waals surface area contributed by atoms with Crippen LogP contribution in [0.1, 0.15) is 29.8 Å². The molecule has 2 aromatic rings. The highest BCUT2D eigenvalue weighted by Gasteiger charge is 2.49. The van der Waals surface area contributed by atoms with Crippen molar-refractivity contribution >= 4 is 29.5 Å². The maximum Gasteiger partial charge on any atom is 0.254 e. The number of amides is 3. The summed E-state index contributed by atoms with van der Waals surface area (Å²) in [4.78, 5) is 44.5. The lowest BCUT2D eigenvalue weighted by Gasteiger charge is -2.33. The topological polar surface area (TPSA) is 112 Å². The molecule has 3 N–H and O–H groups in total. The molecule has 1 aliphatic heterocycles. The lowest BCUT2D eigenvalue weighted by Crippen LogP contribution is -2.58. The zero-order valence-corrected chi connectivity index (χ0v) is 20.1. The molecule has 3 unspecified atom stereocenters. The Bertz CT molecular complexity index is 1020. The summed E-state index contributed by atoms with van der Waals surface area (Å²) < 4.78 is -0.547. The maximum absolute atomic E-state index is 13.5. The van der Waals surface area contributed by atoms with Crippen molar-refractivity contribution in [2.75, 3.05) is 12.4 Å². The van der Waals surface area contributed by atoms with Crippen LogP contribution in [0, 0.1) is 0 Å². The van der Waals surface area contributed by atoms with Gasteiger partial charge in [-0.05, 0) is 38.0 Å². The third-order valence-electron chi connectivity index (χ3n) is 5.67. The Labute approximate surface area is 203 Å². The van der Waals surface area contributed by atoms with E-state index in [2.05, 4.69) is 22.2 Å². The monoisotopic (exact) mass is 482 g/mol. The van der Waals surface area contributed by atoms with Gasteiger partial charge in [0.2, 0.25) is 5.91 Å². The van der Waals surface area contributed by atoms with Crippen LogP contribution in [0.3, 0.4) is 0 Å². The number of benzene rings is 1. The number of aliphatic hydroxyl groups excluding tert-OH is 1. The van der Waals surface area contributed by atoms with Crippen LogP contribution in [0.2, 0.25) is 0 Å². The van der Waals surface area contributed by atoms with Gasteiger partial charge in [-0.25, -0.2) is 0 Å². The molecule has 1 fully saturated rings. The normalized spacial score (nSPS) is 18.6. The van der Waals surface area contributed by atoms with Crippen molar-refractivity contribution in [2.45, 2.75) is 43.2 Å². The first-order chi connectivity index (χ1) is 16.2. The standard InChI is InChI=1S/C25H30N4O4S/c1-4-12-27-23(32)21-25(2,3)34-16-29(21)24(33)20(30)19(14-17-9-6-5-7-10-17)28-22(31)18-11-8-13-26-15-18/h4-11,13,15,19-21,30H,1,12,14,16H2,2-3H3,(H,27,32)(H,28,31). The summed E-state index contributed by atoms with van der Waals surface area (Å²) in [6.45, 7) is 7.66. The number of pyridine rings is 1. The van der Waals surface area contributed by atoms with Gasteiger partial charge in [-0.3, -0.25) is 19.4 Å². The fraction of sp³-hybridized carbons (Fsp3) is 0.360. The van der Waals surface area contributed by atoms with E-state index in [1.54, 1.807) is 24.4 Å². The number of carbonyl (C=O) groups is 3. The van der Waals surface area contributed by atoms with E-state index in [1.807, 2.05) is 44.2 Å². The van der Waals surface area contributed by atoms with Gasteiger partial charge in [0.05, 0.1) is 17.5 Å². The lowest BCUT2D eigenvalue weighted by molar-refractivity contribution is -0.147. The average molecular weight is 483 g/mol. The molecule has 3 amide bonds. The third-order valence-corrected chi connectivity index (χ3v) is 7.05. The Morgan fingerprint density at radius 2 is 2.00 bits per heavy atom. The Hall–Kier alpha value is -3.17. The summed E-state index contributed by atoms with van der Waals surface area (Å²) in [5, 5.41) is 16.7. The van der Waals surface area contributed by atoms with Crippen molar-refractivity contribution in [3.8, 4) is 0 Å². The van der Waals surface area contributed by atoms with Crippen LogP contribution >= 0.6 is 11.8 Å². The van der Waals surface area contributed by atoms with E-state index >= 15 is 0 Å². The second kappa shape index (κ2) is 11.3. The molecule has 1 aromatic carbocycles. The fourth-order valence-electron chi connectivity index (χ4n) is 3.88. The minimum Gasteiger partial charge on any atom is -0.381 e. The predicted octanol–water partition coefficient (Wildman–Crippen LogP) is 1.77. The quantitative estimate of drug-likeness (QED) is 0.470. The van der Waals surface area contributed by atoms with Gasteiger partial charge in [0.25, 0.3) is 11.8 Å². The van der Waals surface area contributed by atoms with Gasteiger partial charge in [-0.15, -0.1) is 18.3 Å². The van der Waals surface area contributed by atoms with Gasteiger partial charge in [0, 0.05) is 23.7 Å². The average Bonchev–Trinajstić information content (AvgIpc) is 3.17. The van der Waals surface area contributed by atoms with Gasteiger partial charge in [0.15, 0.2) is 6.10 Å². The Morgan fingerprint density at radius 1 is 1.26 bits per heavy atom. The number of rotatable bonds is 9. The van der Waals surface area contributed by atoms with Crippen LogP contribution in [-0.2, 0) is 16.0 Å². The molecule has 2 heterocycles. The first-order valence-electron chi connectivity index (χ1n) is 11.0. The smallest absolute Gasteiger partial charge is 0.254 e. The van der Waals surface area contributed by atoms with Crippen LogP contribution in [-0.4, -0.2) is 68.1 Å². The van der Waals surface area contributed by atoms with Crippen molar-refractivity contribution in [1.29, 1.82) is 0 Å². The minimum absolute atomic E-state index is 0.234. The van der Waals surface area contributed by atoms with E-state index in [4.69, 9.17) is 0 Å². The molecule has 1 aromatic heterocycles. The first kappa shape index (κ1) is 25.5. The molecule has 1 saturated heterocycles. The van der Waals surface area contributed by atoms with Crippen molar-refractivity contribution in [2.24, 2.45) is 0 Å². The molecule has 3 rings (SSSR count). The Morgan fingerprint density at radius 3 is 2.65 bits per heavy atom. The van der Waals surface area contributed by atoms with Crippen LogP contribution in [0.15, 0.2) is 67.5 Å². The molecule has 34 heavy (non-hydrogen) atoms. The fourth-order valence-corrected chi connectivity index (χ4v) is 5.02. The van der Waals surface area contributed by atoms with Crippen LogP contribution in [0.25, 0.3) is 0 Å². The van der Waals surface area contributed by atoms with E-state index in [0.29, 0.717) is 5.56 Å². The second-order valence-electron chi connectivity index (χ2n) is 8.58. The number of aliphatic hydroxyl groups is 1. The van der Waals surface area contributed by atoms with Crippen molar-refractivity contribution in [3.05, 3.63) is 78.6 Å². The largest absolute Gasteiger partial charge is 0.381 e. The second-order valence-corrected chi connectivity index (χ2v) is 10.2. The van der Waals surface area contributed by atoms with Crippen LogP contribution in [0.4, 0.5) is 0 Å². The number of nitrogens with zero attached hydrogens (tertiary/aromatic N) is 2. The zero-order valence-electron chi connectivity index (χ0n) is 19.3. The van der Waals surface area contributed by atoms with E-state index in [0.717, 1.165) is 5.56 Å².